The third-order valence-electron chi connectivity index (χ3n) is 3.84. The number of likely N-dealkylation sites (tertiary alicyclic amines) is 1. The molecule has 1 saturated heterocycles. The quantitative estimate of drug-likeness (QED) is 0.914. The Morgan fingerprint density at radius 1 is 1.44 bits per heavy atom. The van der Waals surface area contributed by atoms with Crippen LogP contribution in [0.4, 0.5) is 0 Å². The molecule has 1 aliphatic rings. The minimum absolute atomic E-state index is 0.105. The van der Waals surface area contributed by atoms with Crippen molar-refractivity contribution in [2.45, 2.75) is 32.4 Å². The lowest BCUT2D eigenvalue weighted by molar-refractivity contribution is -0.144. The number of hydrogen-bond acceptors (Lipinski definition) is 2. The van der Waals surface area contributed by atoms with Crippen LogP contribution >= 0.6 is 11.6 Å². The molecule has 1 aromatic rings. The number of nitrogens with zero attached hydrogens (tertiary/aromatic N) is 1. The third-order valence-corrected chi connectivity index (χ3v) is 4.09. The Kier molecular flexibility index (Phi) is 3.93. The smallest absolute Gasteiger partial charge is 0.321 e. The maximum Gasteiger partial charge on any atom is 0.321 e. The van der Waals surface area contributed by atoms with E-state index in [4.69, 9.17) is 11.6 Å². The summed E-state index contributed by atoms with van der Waals surface area (Å²) in [4.78, 5) is 13.4. The van der Waals surface area contributed by atoms with Gasteiger partial charge in [-0.2, -0.15) is 0 Å². The molecular formula is C14H18ClNO2. The van der Waals surface area contributed by atoms with Crippen molar-refractivity contribution < 1.29 is 9.90 Å². The Labute approximate surface area is 112 Å². The second-order valence-electron chi connectivity index (χ2n) is 5.01. The summed E-state index contributed by atoms with van der Waals surface area (Å²) in [6, 6.07) is 7.36. The van der Waals surface area contributed by atoms with Crippen molar-refractivity contribution in [2.75, 3.05) is 6.54 Å². The van der Waals surface area contributed by atoms with Crippen LogP contribution in [0.3, 0.4) is 0 Å². The summed E-state index contributed by atoms with van der Waals surface area (Å²) < 4.78 is 0. The lowest BCUT2D eigenvalue weighted by atomic mass is 10.0. The summed E-state index contributed by atoms with van der Waals surface area (Å²) in [5, 5.41) is 10.0. The highest BCUT2D eigenvalue weighted by Gasteiger charge is 2.39. The minimum Gasteiger partial charge on any atom is -0.480 e. The molecule has 3 atom stereocenters. The summed E-state index contributed by atoms with van der Waals surface area (Å²) in [5.41, 5.74) is 1.11. The second-order valence-corrected chi connectivity index (χ2v) is 5.45. The van der Waals surface area contributed by atoms with Crippen LogP contribution < -0.4 is 0 Å². The Hall–Kier alpha value is -1.06. The van der Waals surface area contributed by atoms with E-state index in [9.17, 15) is 9.90 Å². The molecule has 98 valence electrons. The standard InChI is InChI=1S/C14H18ClNO2/c1-9-7-8-16(13(9)14(17)18)10(2)11-3-5-12(15)6-4-11/h3-6,9-10,13H,7-8H2,1-2H3,(H,17,18). The minimum atomic E-state index is -0.721. The molecule has 1 heterocycles. The predicted molar refractivity (Wildman–Crippen MR) is 71.8 cm³/mol. The number of benzene rings is 1. The fourth-order valence-corrected chi connectivity index (χ4v) is 2.86. The Morgan fingerprint density at radius 2 is 2.06 bits per heavy atom. The molecule has 18 heavy (non-hydrogen) atoms. The fourth-order valence-electron chi connectivity index (χ4n) is 2.73. The zero-order valence-corrected chi connectivity index (χ0v) is 11.4. The van der Waals surface area contributed by atoms with Gasteiger partial charge >= 0.3 is 5.97 Å². The van der Waals surface area contributed by atoms with Crippen LogP contribution in [0.5, 0.6) is 0 Å². The third kappa shape index (κ3) is 2.52. The molecule has 0 spiro atoms. The Bertz CT molecular complexity index is 432. The highest BCUT2D eigenvalue weighted by atomic mass is 35.5. The van der Waals surface area contributed by atoms with E-state index in [1.165, 1.54) is 0 Å². The molecule has 1 fully saturated rings. The number of carboxylic acids is 1. The Balaban J connectivity index is 2.20. The molecular weight excluding hydrogens is 250 g/mol. The number of rotatable bonds is 3. The maximum atomic E-state index is 11.3. The highest BCUT2D eigenvalue weighted by molar-refractivity contribution is 6.30. The molecule has 1 aromatic carbocycles. The first-order valence-corrected chi connectivity index (χ1v) is 6.62. The van der Waals surface area contributed by atoms with Gasteiger partial charge in [0, 0.05) is 11.1 Å². The molecule has 0 aromatic heterocycles. The Morgan fingerprint density at radius 3 is 2.61 bits per heavy atom. The van der Waals surface area contributed by atoms with E-state index in [1.807, 2.05) is 31.2 Å². The topological polar surface area (TPSA) is 40.5 Å². The molecule has 1 aliphatic heterocycles. The van der Waals surface area contributed by atoms with Gasteiger partial charge in [0.2, 0.25) is 0 Å². The normalized spacial score (nSPS) is 26.2. The van der Waals surface area contributed by atoms with Crippen molar-refractivity contribution in [1.82, 2.24) is 4.90 Å². The van der Waals surface area contributed by atoms with Crippen molar-refractivity contribution in [1.29, 1.82) is 0 Å². The van der Waals surface area contributed by atoms with Crippen LogP contribution in [0.2, 0.25) is 5.02 Å². The van der Waals surface area contributed by atoms with E-state index < -0.39 is 5.97 Å². The molecule has 0 aliphatic carbocycles. The first kappa shape index (κ1) is 13.4. The van der Waals surface area contributed by atoms with Gasteiger partial charge in [-0.05, 0) is 43.5 Å². The molecule has 4 heteroatoms. The van der Waals surface area contributed by atoms with Crippen molar-refractivity contribution in [3.8, 4) is 0 Å². The first-order valence-electron chi connectivity index (χ1n) is 6.24. The lowest BCUT2D eigenvalue weighted by Gasteiger charge is -2.29. The number of hydrogen-bond donors (Lipinski definition) is 1. The summed E-state index contributed by atoms with van der Waals surface area (Å²) in [5.74, 6) is -0.516. The van der Waals surface area contributed by atoms with Crippen LogP contribution in [0.1, 0.15) is 31.9 Å². The zero-order valence-electron chi connectivity index (χ0n) is 10.6. The van der Waals surface area contributed by atoms with E-state index in [0.29, 0.717) is 5.02 Å². The average Bonchev–Trinajstić information content (AvgIpc) is 2.71. The fraction of sp³-hybridized carbons (Fsp3) is 0.500. The van der Waals surface area contributed by atoms with Gasteiger partial charge in [-0.25, -0.2) is 0 Å². The van der Waals surface area contributed by atoms with Gasteiger partial charge < -0.3 is 5.11 Å². The zero-order chi connectivity index (χ0) is 13.3. The molecule has 3 nitrogen and oxygen atoms in total. The first-order chi connectivity index (χ1) is 8.50. The van der Waals surface area contributed by atoms with Crippen LogP contribution in [-0.2, 0) is 4.79 Å². The summed E-state index contributed by atoms with van der Waals surface area (Å²) in [7, 11) is 0. The highest BCUT2D eigenvalue weighted by Crippen LogP contribution is 2.32. The van der Waals surface area contributed by atoms with Gasteiger partial charge in [-0.3, -0.25) is 9.69 Å². The molecule has 0 radical (unpaired) electrons. The number of carboxylic acid groups (broad SMARTS) is 1. The molecule has 3 unspecified atom stereocenters. The molecule has 2 rings (SSSR count). The van der Waals surface area contributed by atoms with Crippen LogP contribution in [0.15, 0.2) is 24.3 Å². The predicted octanol–water partition coefficient (Wildman–Crippen LogP) is 3.20. The van der Waals surface area contributed by atoms with Crippen molar-refractivity contribution in [2.24, 2.45) is 5.92 Å². The summed E-state index contributed by atoms with van der Waals surface area (Å²) >= 11 is 5.87. The van der Waals surface area contributed by atoms with E-state index in [0.717, 1.165) is 18.5 Å². The van der Waals surface area contributed by atoms with Crippen molar-refractivity contribution in [3.05, 3.63) is 34.9 Å². The number of carbonyl (C=O) groups is 1. The average molecular weight is 268 g/mol. The van der Waals surface area contributed by atoms with E-state index in [2.05, 4.69) is 11.8 Å². The van der Waals surface area contributed by atoms with Gasteiger partial charge in [-0.1, -0.05) is 30.7 Å². The molecule has 1 N–H and O–H groups in total. The second kappa shape index (κ2) is 5.29. The van der Waals surface area contributed by atoms with Gasteiger partial charge in [0.1, 0.15) is 6.04 Å². The molecule has 0 bridgehead atoms. The number of halogens is 1. The van der Waals surface area contributed by atoms with Crippen LogP contribution in [-0.4, -0.2) is 28.6 Å². The van der Waals surface area contributed by atoms with E-state index in [1.54, 1.807) is 0 Å². The summed E-state index contributed by atoms with van der Waals surface area (Å²) in [6.45, 7) is 4.90. The largest absolute Gasteiger partial charge is 0.480 e. The van der Waals surface area contributed by atoms with Gasteiger partial charge in [0.25, 0.3) is 0 Å². The number of aliphatic carboxylic acids is 1. The molecule has 0 amide bonds. The lowest BCUT2D eigenvalue weighted by Crippen LogP contribution is -2.40. The van der Waals surface area contributed by atoms with E-state index >= 15 is 0 Å². The van der Waals surface area contributed by atoms with Gasteiger partial charge in [0.05, 0.1) is 0 Å². The monoisotopic (exact) mass is 267 g/mol. The van der Waals surface area contributed by atoms with Gasteiger partial charge in [-0.15, -0.1) is 0 Å². The van der Waals surface area contributed by atoms with Crippen LogP contribution in [0.25, 0.3) is 0 Å². The maximum absolute atomic E-state index is 11.3. The van der Waals surface area contributed by atoms with Crippen LogP contribution in [0, 0.1) is 5.92 Å². The van der Waals surface area contributed by atoms with Crippen molar-refractivity contribution in [3.63, 3.8) is 0 Å². The molecule has 0 saturated carbocycles. The summed E-state index contributed by atoms with van der Waals surface area (Å²) in [6.07, 6.45) is 0.939. The van der Waals surface area contributed by atoms with Crippen molar-refractivity contribution >= 4 is 17.6 Å². The van der Waals surface area contributed by atoms with Gasteiger partial charge in [0.15, 0.2) is 0 Å². The SMILES string of the molecule is CC1CCN(C(C)c2ccc(Cl)cc2)C1C(=O)O. The van der Waals surface area contributed by atoms with E-state index in [-0.39, 0.29) is 18.0 Å².